The molecule has 1 heterocycles. The van der Waals surface area contributed by atoms with Gasteiger partial charge in [-0.25, -0.2) is 4.98 Å². The van der Waals surface area contributed by atoms with Gasteiger partial charge in [0.1, 0.15) is 0 Å². The molecule has 0 fully saturated rings. The molecule has 0 atom stereocenters. The van der Waals surface area contributed by atoms with E-state index in [2.05, 4.69) is 17.2 Å². The first-order valence-electron chi connectivity index (χ1n) is 5.28. The summed E-state index contributed by atoms with van der Waals surface area (Å²) in [5.74, 6) is 1.05. The summed E-state index contributed by atoms with van der Waals surface area (Å²) in [6.07, 6.45) is 4.19. The van der Waals surface area contributed by atoms with Crippen LogP contribution < -0.4 is 5.32 Å². The first-order chi connectivity index (χ1) is 7.33. The van der Waals surface area contributed by atoms with Crippen molar-refractivity contribution in [1.29, 1.82) is 0 Å². The maximum absolute atomic E-state index is 5.75. The smallest absolute Gasteiger partial charge is 0.0961 e. The van der Waals surface area contributed by atoms with Gasteiger partial charge in [-0.15, -0.1) is 11.8 Å². The highest BCUT2D eigenvalue weighted by Crippen LogP contribution is 2.16. The number of rotatable bonds is 7. The Hall–Kier alpha value is -0.250. The van der Waals surface area contributed by atoms with Crippen molar-refractivity contribution >= 4 is 23.4 Å². The van der Waals surface area contributed by atoms with Gasteiger partial charge in [0.15, 0.2) is 0 Å². The average molecular weight is 245 g/mol. The van der Waals surface area contributed by atoms with E-state index in [0.717, 1.165) is 23.9 Å². The average Bonchev–Trinajstić information content (AvgIpc) is 2.26. The Labute approximate surface area is 101 Å². The Kier molecular flexibility index (Phi) is 6.81. The number of aromatic nitrogens is 1. The molecule has 0 radical (unpaired) electrons. The van der Waals surface area contributed by atoms with Crippen molar-refractivity contribution in [3.05, 3.63) is 23.4 Å². The monoisotopic (exact) mass is 244 g/mol. The molecule has 0 saturated carbocycles. The summed E-state index contributed by atoms with van der Waals surface area (Å²) in [4.78, 5) is 4.22. The fourth-order valence-corrected chi connectivity index (χ4v) is 1.96. The van der Waals surface area contributed by atoms with Gasteiger partial charge in [0.2, 0.25) is 0 Å². The molecule has 0 saturated heterocycles. The summed E-state index contributed by atoms with van der Waals surface area (Å²) in [7, 11) is 0. The van der Waals surface area contributed by atoms with E-state index in [4.69, 9.17) is 11.6 Å². The van der Waals surface area contributed by atoms with Gasteiger partial charge >= 0.3 is 0 Å². The van der Waals surface area contributed by atoms with Crippen LogP contribution >= 0.6 is 23.4 Å². The largest absolute Gasteiger partial charge is 0.316 e. The van der Waals surface area contributed by atoms with Crippen LogP contribution in [0.3, 0.4) is 0 Å². The highest BCUT2D eigenvalue weighted by Gasteiger charge is 1.95. The summed E-state index contributed by atoms with van der Waals surface area (Å²) >= 11 is 7.50. The highest BCUT2D eigenvalue weighted by atomic mass is 35.5. The first kappa shape index (κ1) is 12.8. The van der Waals surface area contributed by atoms with Crippen molar-refractivity contribution in [3.63, 3.8) is 0 Å². The Morgan fingerprint density at radius 3 is 2.93 bits per heavy atom. The lowest BCUT2D eigenvalue weighted by molar-refractivity contribution is 0.666. The zero-order chi connectivity index (χ0) is 10.9. The van der Waals surface area contributed by atoms with Crippen LogP contribution in [0.5, 0.6) is 0 Å². The van der Waals surface area contributed by atoms with E-state index in [-0.39, 0.29) is 0 Å². The van der Waals surface area contributed by atoms with Crippen molar-refractivity contribution in [2.45, 2.75) is 24.8 Å². The van der Waals surface area contributed by atoms with Crippen LogP contribution in [0, 0.1) is 0 Å². The lowest BCUT2D eigenvalue weighted by Crippen LogP contribution is -2.18. The molecule has 4 heteroatoms. The molecule has 0 aromatic carbocycles. The van der Waals surface area contributed by atoms with Crippen LogP contribution in [-0.4, -0.2) is 23.8 Å². The third-order valence-electron chi connectivity index (χ3n) is 1.94. The lowest BCUT2D eigenvalue weighted by atomic mass is 10.3. The number of unbranched alkanes of at least 4 members (excludes halogenated alkanes) is 1. The van der Waals surface area contributed by atoms with Crippen molar-refractivity contribution < 1.29 is 0 Å². The molecule has 84 valence electrons. The van der Waals surface area contributed by atoms with E-state index in [1.165, 1.54) is 12.8 Å². The second-order valence-corrected chi connectivity index (χ2v) is 4.82. The maximum atomic E-state index is 5.75. The van der Waals surface area contributed by atoms with E-state index >= 15 is 0 Å². The fraction of sp³-hybridized carbons (Fsp3) is 0.545. The summed E-state index contributed by atoms with van der Waals surface area (Å²) in [5, 5.41) is 5.13. The predicted octanol–water partition coefficient (Wildman–Crippen LogP) is 3.22. The third-order valence-corrected chi connectivity index (χ3v) is 3.11. The van der Waals surface area contributed by atoms with Gasteiger partial charge in [0, 0.05) is 18.5 Å². The molecule has 1 N–H and O–H groups in total. The second kappa shape index (κ2) is 7.97. The van der Waals surface area contributed by atoms with Gasteiger partial charge in [-0.05, 0) is 25.1 Å². The minimum absolute atomic E-state index is 0.695. The fourth-order valence-electron chi connectivity index (χ4n) is 1.10. The normalized spacial score (nSPS) is 10.5. The number of pyridine rings is 1. The number of hydrogen-bond donors (Lipinski definition) is 1. The molecular formula is C11H17ClN2S. The SMILES string of the molecule is CCCCNCCSc1ccc(Cl)cn1. The molecule has 0 aliphatic heterocycles. The van der Waals surface area contributed by atoms with Crippen molar-refractivity contribution in [3.8, 4) is 0 Å². The van der Waals surface area contributed by atoms with E-state index in [1.807, 2.05) is 12.1 Å². The minimum atomic E-state index is 0.695. The number of thioether (sulfide) groups is 1. The van der Waals surface area contributed by atoms with Crippen molar-refractivity contribution in [2.24, 2.45) is 0 Å². The molecular weight excluding hydrogens is 228 g/mol. The standard InChI is InChI=1S/C11H17ClN2S/c1-2-3-6-13-7-8-15-11-5-4-10(12)9-14-11/h4-5,9,13H,2-3,6-8H2,1H3. The van der Waals surface area contributed by atoms with Gasteiger partial charge < -0.3 is 5.32 Å². The van der Waals surface area contributed by atoms with Gasteiger partial charge in [0.25, 0.3) is 0 Å². The second-order valence-electron chi connectivity index (χ2n) is 3.27. The molecule has 0 unspecified atom stereocenters. The van der Waals surface area contributed by atoms with Crippen molar-refractivity contribution in [1.82, 2.24) is 10.3 Å². The van der Waals surface area contributed by atoms with Gasteiger partial charge in [-0.2, -0.15) is 0 Å². The van der Waals surface area contributed by atoms with Crippen LogP contribution in [0.15, 0.2) is 23.4 Å². The Balaban J connectivity index is 2.07. The number of halogens is 1. The highest BCUT2D eigenvalue weighted by molar-refractivity contribution is 7.99. The van der Waals surface area contributed by atoms with Gasteiger partial charge in [0.05, 0.1) is 10.0 Å². The maximum Gasteiger partial charge on any atom is 0.0961 e. The number of nitrogens with zero attached hydrogens (tertiary/aromatic N) is 1. The minimum Gasteiger partial charge on any atom is -0.316 e. The topological polar surface area (TPSA) is 24.9 Å². The number of hydrogen-bond acceptors (Lipinski definition) is 3. The Morgan fingerprint density at radius 1 is 1.40 bits per heavy atom. The van der Waals surface area contributed by atoms with Gasteiger partial charge in [-0.1, -0.05) is 24.9 Å². The summed E-state index contributed by atoms with van der Waals surface area (Å²) in [5.41, 5.74) is 0. The molecule has 0 amide bonds. The van der Waals surface area contributed by atoms with Crippen LogP contribution in [0.4, 0.5) is 0 Å². The summed E-state index contributed by atoms with van der Waals surface area (Å²) < 4.78 is 0. The van der Waals surface area contributed by atoms with Crippen molar-refractivity contribution in [2.75, 3.05) is 18.8 Å². The lowest BCUT2D eigenvalue weighted by Gasteiger charge is -2.03. The van der Waals surface area contributed by atoms with Crippen LogP contribution in [0.25, 0.3) is 0 Å². The third kappa shape index (κ3) is 6.03. The quantitative estimate of drug-likeness (QED) is 0.589. The molecule has 2 nitrogen and oxygen atoms in total. The molecule has 1 aromatic heterocycles. The van der Waals surface area contributed by atoms with Gasteiger partial charge in [-0.3, -0.25) is 0 Å². The van der Waals surface area contributed by atoms with E-state index in [9.17, 15) is 0 Å². The Morgan fingerprint density at radius 2 is 2.27 bits per heavy atom. The summed E-state index contributed by atoms with van der Waals surface area (Å²) in [6.45, 7) is 4.36. The van der Waals surface area contributed by atoms with Crippen LogP contribution in [0.1, 0.15) is 19.8 Å². The molecule has 0 aliphatic carbocycles. The zero-order valence-corrected chi connectivity index (χ0v) is 10.6. The molecule has 1 aromatic rings. The first-order valence-corrected chi connectivity index (χ1v) is 6.64. The molecule has 0 bridgehead atoms. The summed E-state index contributed by atoms with van der Waals surface area (Å²) in [6, 6.07) is 3.83. The molecule has 1 rings (SSSR count). The molecule has 15 heavy (non-hydrogen) atoms. The molecule has 0 spiro atoms. The van der Waals surface area contributed by atoms with E-state index < -0.39 is 0 Å². The predicted molar refractivity (Wildman–Crippen MR) is 67.7 cm³/mol. The van der Waals surface area contributed by atoms with Crippen LogP contribution in [0.2, 0.25) is 5.02 Å². The van der Waals surface area contributed by atoms with Crippen LogP contribution in [-0.2, 0) is 0 Å². The Bertz CT molecular complexity index is 264. The molecule has 0 aliphatic rings. The zero-order valence-electron chi connectivity index (χ0n) is 9.00. The van der Waals surface area contributed by atoms with E-state index in [1.54, 1.807) is 18.0 Å². The number of nitrogens with one attached hydrogen (secondary N) is 1. The van der Waals surface area contributed by atoms with E-state index in [0.29, 0.717) is 5.02 Å².